The molecule has 0 aliphatic carbocycles. The molecule has 0 saturated heterocycles. The summed E-state index contributed by atoms with van der Waals surface area (Å²) in [5, 5.41) is -3.64. The quantitative estimate of drug-likeness (QED) is 0.164. The van der Waals surface area contributed by atoms with Crippen LogP contribution >= 0.6 is 58.0 Å². The third-order valence-corrected chi connectivity index (χ3v) is 4.61. The predicted octanol–water partition coefficient (Wildman–Crippen LogP) is 6.69. The standard InChI is InChI=1S/C10Cl5F7O2/c11-1-2(12)4(14)6(5(15)3(1)13)24-7(23)8(16,17)9(18,19)10(20,21)22. The molecular formula is C10Cl5F7O2. The van der Waals surface area contributed by atoms with E-state index in [9.17, 15) is 35.5 Å². The van der Waals surface area contributed by atoms with Crippen molar-refractivity contribution in [2.45, 2.75) is 18.0 Å². The average molecular weight is 462 g/mol. The van der Waals surface area contributed by atoms with Gasteiger partial charge in [0.15, 0.2) is 5.75 Å². The van der Waals surface area contributed by atoms with Gasteiger partial charge in [-0.2, -0.15) is 30.7 Å². The van der Waals surface area contributed by atoms with Gasteiger partial charge in [-0.15, -0.1) is 0 Å². The second-order valence-corrected chi connectivity index (χ2v) is 5.82. The van der Waals surface area contributed by atoms with Crippen molar-refractivity contribution in [3.05, 3.63) is 25.1 Å². The largest absolute Gasteiger partial charge is 0.460 e. The van der Waals surface area contributed by atoms with E-state index in [1.807, 2.05) is 0 Å². The molecule has 0 unspecified atom stereocenters. The molecule has 0 radical (unpaired) electrons. The lowest BCUT2D eigenvalue weighted by Crippen LogP contribution is -2.57. The number of rotatable bonds is 3. The first-order chi connectivity index (χ1) is 10.6. The van der Waals surface area contributed by atoms with Gasteiger partial charge in [-0.3, -0.25) is 0 Å². The highest BCUT2D eigenvalue weighted by Gasteiger charge is 2.77. The Bertz CT molecular complexity index is 660. The van der Waals surface area contributed by atoms with Crippen molar-refractivity contribution < 1.29 is 40.3 Å². The Labute approximate surface area is 153 Å². The molecule has 1 aromatic carbocycles. The van der Waals surface area contributed by atoms with Gasteiger partial charge in [0.25, 0.3) is 0 Å². The maximum Gasteiger partial charge on any atom is 0.460 e. The van der Waals surface area contributed by atoms with Crippen molar-refractivity contribution in [3.63, 3.8) is 0 Å². The fourth-order valence-electron chi connectivity index (χ4n) is 1.14. The first kappa shape index (κ1) is 21.7. The minimum absolute atomic E-state index is 0.500. The molecule has 0 aromatic heterocycles. The van der Waals surface area contributed by atoms with E-state index in [1.165, 1.54) is 0 Å². The van der Waals surface area contributed by atoms with Crippen LogP contribution in [0.5, 0.6) is 5.75 Å². The van der Waals surface area contributed by atoms with Gasteiger partial charge in [0.1, 0.15) is 10.0 Å². The van der Waals surface area contributed by atoms with Crippen molar-refractivity contribution in [1.29, 1.82) is 0 Å². The molecule has 0 bridgehead atoms. The SMILES string of the molecule is O=C(Oc1c(Cl)c(Cl)c(Cl)c(Cl)c1Cl)C(F)(F)C(F)(F)C(F)(F)F. The molecule has 2 nitrogen and oxygen atoms in total. The lowest BCUT2D eigenvalue weighted by Gasteiger charge is -2.26. The second kappa shape index (κ2) is 6.75. The van der Waals surface area contributed by atoms with E-state index in [-0.39, 0.29) is 0 Å². The summed E-state index contributed by atoms with van der Waals surface area (Å²) in [6.07, 6.45) is -6.74. The average Bonchev–Trinajstić information content (AvgIpc) is 2.45. The highest BCUT2D eigenvalue weighted by atomic mass is 35.5. The fraction of sp³-hybridized carbons (Fsp3) is 0.300. The van der Waals surface area contributed by atoms with Gasteiger partial charge in [-0.1, -0.05) is 58.0 Å². The molecule has 0 N–H and O–H groups in total. The predicted molar refractivity (Wildman–Crippen MR) is 73.1 cm³/mol. The van der Waals surface area contributed by atoms with Crippen molar-refractivity contribution in [3.8, 4) is 5.75 Å². The van der Waals surface area contributed by atoms with Gasteiger partial charge < -0.3 is 4.74 Å². The summed E-state index contributed by atoms with van der Waals surface area (Å²) < 4.78 is 91.8. The van der Waals surface area contributed by atoms with Crippen LogP contribution in [-0.2, 0) is 4.79 Å². The van der Waals surface area contributed by atoms with E-state index >= 15 is 0 Å². The summed E-state index contributed by atoms with van der Waals surface area (Å²) in [7, 11) is 0. The van der Waals surface area contributed by atoms with Gasteiger partial charge >= 0.3 is 24.0 Å². The monoisotopic (exact) mass is 460 g/mol. The molecular weight excluding hydrogens is 462 g/mol. The van der Waals surface area contributed by atoms with E-state index in [4.69, 9.17) is 58.0 Å². The highest BCUT2D eigenvalue weighted by molar-refractivity contribution is 6.55. The van der Waals surface area contributed by atoms with Gasteiger partial charge in [0, 0.05) is 0 Å². The Balaban J connectivity index is 3.36. The summed E-state index contributed by atoms with van der Waals surface area (Å²) in [4.78, 5) is 11.2. The fourth-order valence-corrected chi connectivity index (χ4v) is 2.34. The van der Waals surface area contributed by atoms with Gasteiger partial charge in [-0.25, -0.2) is 4.79 Å². The summed E-state index contributed by atoms with van der Waals surface area (Å²) in [6, 6.07) is 0. The summed E-state index contributed by atoms with van der Waals surface area (Å²) in [5.74, 6) is -17.6. The number of ether oxygens (including phenoxy) is 1. The van der Waals surface area contributed by atoms with Crippen LogP contribution in [0, 0.1) is 0 Å². The smallest absolute Gasteiger partial charge is 0.419 e. The minimum atomic E-state index is -6.74. The Morgan fingerprint density at radius 2 is 1.04 bits per heavy atom. The zero-order valence-corrected chi connectivity index (χ0v) is 14.1. The van der Waals surface area contributed by atoms with Crippen molar-refractivity contribution >= 4 is 64.0 Å². The van der Waals surface area contributed by atoms with Crippen molar-refractivity contribution in [2.24, 2.45) is 0 Å². The zero-order valence-electron chi connectivity index (χ0n) is 10.4. The third-order valence-electron chi connectivity index (χ3n) is 2.37. The lowest BCUT2D eigenvalue weighted by molar-refractivity contribution is -0.346. The number of halogens is 12. The van der Waals surface area contributed by atoms with Crippen LogP contribution in [0.1, 0.15) is 0 Å². The van der Waals surface area contributed by atoms with Crippen LogP contribution in [-0.4, -0.2) is 24.0 Å². The van der Waals surface area contributed by atoms with Crippen LogP contribution in [0.15, 0.2) is 0 Å². The molecule has 136 valence electrons. The van der Waals surface area contributed by atoms with Gasteiger partial charge in [-0.05, 0) is 0 Å². The molecule has 0 spiro atoms. The van der Waals surface area contributed by atoms with E-state index in [2.05, 4.69) is 4.74 Å². The lowest BCUT2D eigenvalue weighted by atomic mass is 10.1. The molecule has 1 rings (SSSR count). The summed E-state index contributed by atoms with van der Waals surface area (Å²) in [5.41, 5.74) is 0. The summed E-state index contributed by atoms with van der Waals surface area (Å²) >= 11 is 27.5. The van der Waals surface area contributed by atoms with Crippen molar-refractivity contribution in [1.82, 2.24) is 0 Å². The molecule has 0 atom stereocenters. The molecule has 24 heavy (non-hydrogen) atoms. The number of esters is 1. The number of hydrogen-bond acceptors (Lipinski definition) is 2. The highest BCUT2D eigenvalue weighted by Crippen LogP contribution is 2.50. The minimum Gasteiger partial charge on any atom is -0.419 e. The molecule has 1 aromatic rings. The summed E-state index contributed by atoms with van der Waals surface area (Å²) in [6.45, 7) is 0. The van der Waals surface area contributed by atoms with Gasteiger partial charge in [0.2, 0.25) is 0 Å². The molecule has 0 amide bonds. The number of alkyl halides is 7. The van der Waals surface area contributed by atoms with E-state index < -0.39 is 54.9 Å². The van der Waals surface area contributed by atoms with E-state index in [0.717, 1.165) is 0 Å². The number of carbonyl (C=O) groups is 1. The van der Waals surface area contributed by atoms with Gasteiger partial charge in [0.05, 0.1) is 15.1 Å². The van der Waals surface area contributed by atoms with E-state index in [1.54, 1.807) is 0 Å². The molecule has 14 heteroatoms. The Morgan fingerprint density at radius 1 is 0.708 bits per heavy atom. The molecule has 0 fully saturated rings. The number of hydrogen-bond donors (Lipinski definition) is 0. The van der Waals surface area contributed by atoms with Crippen LogP contribution in [0.4, 0.5) is 30.7 Å². The molecule has 0 aliphatic heterocycles. The third kappa shape index (κ3) is 3.46. The molecule has 0 aliphatic rings. The normalized spacial score (nSPS) is 13.2. The van der Waals surface area contributed by atoms with Crippen LogP contribution in [0.3, 0.4) is 0 Å². The maximum atomic E-state index is 13.2. The maximum absolute atomic E-state index is 13.2. The zero-order chi connectivity index (χ0) is 19.2. The second-order valence-electron chi connectivity index (χ2n) is 3.94. The number of carbonyl (C=O) groups excluding carboxylic acids is 1. The molecule has 0 saturated carbocycles. The number of benzene rings is 1. The molecule has 0 heterocycles. The topological polar surface area (TPSA) is 26.3 Å². The van der Waals surface area contributed by atoms with E-state index in [0.29, 0.717) is 0 Å². The first-order valence-electron chi connectivity index (χ1n) is 5.13. The van der Waals surface area contributed by atoms with Crippen LogP contribution < -0.4 is 4.74 Å². The van der Waals surface area contributed by atoms with Crippen LogP contribution in [0.25, 0.3) is 0 Å². The van der Waals surface area contributed by atoms with Crippen molar-refractivity contribution in [2.75, 3.05) is 0 Å². The Morgan fingerprint density at radius 3 is 1.38 bits per heavy atom. The first-order valence-corrected chi connectivity index (χ1v) is 7.02. The van der Waals surface area contributed by atoms with Crippen LogP contribution in [0.2, 0.25) is 25.1 Å². The Hall–Kier alpha value is -0.350. The Kier molecular flexibility index (Phi) is 6.10.